The lowest BCUT2D eigenvalue weighted by atomic mass is 9.81. The molecule has 0 amide bonds. The van der Waals surface area contributed by atoms with Crippen molar-refractivity contribution in [3.05, 3.63) is 33.4 Å². The largest absolute Gasteiger partial charge is 0.502 e. The van der Waals surface area contributed by atoms with Crippen molar-refractivity contribution in [2.45, 2.75) is 45.1 Å². The van der Waals surface area contributed by atoms with Gasteiger partial charge in [0.1, 0.15) is 0 Å². The summed E-state index contributed by atoms with van der Waals surface area (Å²) in [6.07, 6.45) is 5.58. The lowest BCUT2D eigenvalue weighted by Crippen LogP contribution is -2.23. The maximum Gasteiger partial charge on any atom is 0.313 e. The average Bonchev–Trinajstić information content (AvgIpc) is 2.39. The molecule has 5 nitrogen and oxygen atoms in total. The van der Waals surface area contributed by atoms with E-state index in [0.717, 1.165) is 25.7 Å². The summed E-state index contributed by atoms with van der Waals surface area (Å²) in [6, 6.07) is 3.06. The molecule has 0 aliphatic heterocycles. The second kappa shape index (κ2) is 5.57. The third kappa shape index (κ3) is 2.71. The van der Waals surface area contributed by atoms with Gasteiger partial charge in [-0.1, -0.05) is 31.4 Å². The Morgan fingerprint density at radius 3 is 2.58 bits per heavy atom. The Bertz CT molecular complexity index is 482. The van der Waals surface area contributed by atoms with Crippen molar-refractivity contribution in [1.29, 1.82) is 0 Å². The minimum Gasteiger partial charge on any atom is -0.502 e. The average molecular weight is 264 g/mol. The molecule has 1 saturated carbocycles. The predicted molar refractivity (Wildman–Crippen MR) is 73.0 cm³/mol. The third-order valence-electron chi connectivity index (χ3n) is 4.08. The van der Waals surface area contributed by atoms with E-state index in [-0.39, 0.29) is 17.5 Å². The van der Waals surface area contributed by atoms with Gasteiger partial charge in [0.25, 0.3) is 0 Å². The highest BCUT2D eigenvalue weighted by atomic mass is 16.6. The molecule has 1 fully saturated rings. The molecule has 0 bridgehead atoms. The molecular formula is C14H20N2O3. The molecule has 5 heteroatoms. The number of rotatable bonds is 3. The molecule has 1 aliphatic rings. The minimum absolute atomic E-state index is 0.219. The van der Waals surface area contributed by atoms with Crippen molar-refractivity contribution in [3.8, 4) is 5.75 Å². The highest BCUT2D eigenvalue weighted by molar-refractivity contribution is 5.56. The summed E-state index contributed by atoms with van der Waals surface area (Å²) >= 11 is 0. The zero-order valence-corrected chi connectivity index (χ0v) is 11.1. The fraction of sp³-hybridized carbons (Fsp3) is 0.571. The van der Waals surface area contributed by atoms with Crippen LogP contribution in [0.4, 0.5) is 5.69 Å². The van der Waals surface area contributed by atoms with Crippen molar-refractivity contribution in [3.63, 3.8) is 0 Å². The van der Waals surface area contributed by atoms with E-state index in [4.69, 9.17) is 5.73 Å². The Morgan fingerprint density at radius 2 is 2.00 bits per heavy atom. The molecule has 0 saturated heterocycles. The van der Waals surface area contributed by atoms with Gasteiger partial charge in [0, 0.05) is 17.2 Å². The lowest BCUT2D eigenvalue weighted by Gasteiger charge is -2.28. The Balaban J connectivity index is 2.34. The first-order valence-corrected chi connectivity index (χ1v) is 6.74. The number of nitrogens with two attached hydrogens (primary N) is 1. The molecule has 1 aliphatic carbocycles. The summed E-state index contributed by atoms with van der Waals surface area (Å²) in [4.78, 5) is 10.5. The van der Waals surface area contributed by atoms with Gasteiger partial charge in [-0.2, -0.15) is 0 Å². The predicted octanol–water partition coefficient (Wildman–Crippen LogP) is 3.19. The standard InChI is InChI=1S/C14H20N2O3/c1-9-7-8-11(14(17)13(9)16(18)19)12(15)10-5-3-2-4-6-10/h7-8,10,12,17H,2-6,15H2,1H3/t12-/m0/s1. The van der Waals surface area contributed by atoms with E-state index in [1.165, 1.54) is 6.42 Å². The van der Waals surface area contributed by atoms with Crippen LogP contribution < -0.4 is 5.73 Å². The number of hydrogen-bond donors (Lipinski definition) is 2. The number of phenolic OH excluding ortho intramolecular Hbond substituents is 1. The highest BCUT2D eigenvalue weighted by Gasteiger charge is 2.28. The molecular weight excluding hydrogens is 244 g/mol. The quantitative estimate of drug-likeness (QED) is 0.648. The van der Waals surface area contributed by atoms with Crippen LogP contribution >= 0.6 is 0 Å². The van der Waals surface area contributed by atoms with Gasteiger partial charge in [-0.3, -0.25) is 10.1 Å². The number of benzene rings is 1. The zero-order valence-electron chi connectivity index (χ0n) is 11.1. The first-order chi connectivity index (χ1) is 9.02. The van der Waals surface area contributed by atoms with Crippen LogP contribution in [0.1, 0.15) is 49.3 Å². The Morgan fingerprint density at radius 1 is 1.37 bits per heavy atom. The number of hydrogen-bond acceptors (Lipinski definition) is 4. The van der Waals surface area contributed by atoms with Gasteiger partial charge >= 0.3 is 5.69 Å². The number of nitro groups is 1. The summed E-state index contributed by atoms with van der Waals surface area (Å²) in [5, 5.41) is 21.1. The van der Waals surface area contributed by atoms with Gasteiger partial charge in [0.05, 0.1) is 4.92 Å². The number of aryl methyl sites for hydroxylation is 1. The van der Waals surface area contributed by atoms with Gasteiger partial charge < -0.3 is 10.8 Å². The van der Waals surface area contributed by atoms with E-state index >= 15 is 0 Å². The molecule has 2 rings (SSSR count). The molecule has 19 heavy (non-hydrogen) atoms. The summed E-state index contributed by atoms with van der Waals surface area (Å²) in [7, 11) is 0. The van der Waals surface area contributed by atoms with E-state index in [1.54, 1.807) is 19.1 Å². The van der Waals surface area contributed by atoms with Crippen molar-refractivity contribution in [2.24, 2.45) is 11.7 Å². The van der Waals surface area contributed by atoms with E-state index in [9.17, 15) is 15.2 Å². The van der Waals surface area contributed by atoms with E-state index < -0.39 is 4.92 Å². The number of nitro benzene ring substituents is 1. The van der Waals surface area contributed by atoms with Gasteiger partial charge in [-0.15, -0.1) is 0 Å². The monoisotopic (exact) mass is 264 g/mol. The first-order valence-electron chi connectivity index (χ1n) is 6.74. The minimum atomic E-state index is -0.540. The summed E-state index contributed by atoms with van der Waals surface area (Å²) in [5.74, 6) is 0.0463. The molecule has 3 N–H and O–H groups in total. The van der Waals surface area contributed by atoms with E-state index in [0.29, 0.717) is 17.0 Å². The fourth-order valence-corrected chi connectivity index (χ4v) is 2.94. The first kappa shape index (κ1) is 13.8. The van der Waals surface area contributed by atoms with E-state index in [1.807, 2.05) is 0 Å². The zero-order chi connectivity index (χ0) is 14.0. The summed E-state index contributed by atoms with van der Waals surface area (Å²) < 4.78 is 0. The van der Waals surface area contributed by atoms with Crippen LogP contribution in [0.2, 0.25) is 0 Å². The third-order valence-corrected chi connectivity index (χ3v) is 4.08. The van der Waals surface area contributed by atoms with E-state index in [2.05, 4.69) is 0 Å². The SMILES string of the molecule is Cc1ccc([C@@H](N)C2CCCCC2)c(O)c1[N+](=O)[O-]. The van der Waals surface area contributed by atoms with Crippen molar-refractivity contribution < 1.29 is 10.0 Å². The van der Waals surface area contributed by atoms with Crippen LogP contribution in [0.15, 0.2) is 12.1 Å². The van der Waals surface area contributed by atoms with Crippen molar-refractivity contribution >= 4 is 5.69 Å². The highest BCUT2D eigenvalue weighted by Crippen LogP contribution is 2.40. The van der Waals surface area contributed by atoms with Crippen LogP contribution in [-0.4, -0.2) is 10.0 Å². The maximum atomic E-state index is 11.0. The Hall–Kier alpha value is -1.62. The number of nitrogens with zero attached hydrogens (tertiary/aromatic N) is 1. The van der Waals surface area contributed by atoms with Gasteiger partial charge in [0.15, 0.2) is 5.75 Å². The van der Waals surface area contributed by atoms with Gasteiger partial charge in [-0.25, -0.2) is 0 Å². The van der Waals surface area contributed by atoms with Crippen molar-refractivity contribution in [2.75, 3.05) is 0 Å². The molecule has 1 aromatic carbocycles. The number of aromatic hydroxyl groups is 1. The maximum absolute atomic E-state index is 11.0. The molecule has 0 spiro atoms. The smallest absolute Gasteiger partial charge is 0.313 e. The van der Waals surface area contributed by atoms with Gasteiger partial charge in [0.2, 0.25) is 0 Å². The van der Waals surface area contributed by atoms with Crippen LogP contribution in [0, 0.1) is 23.0 Å². The molecule has 0 heterocycles. The molecule has 0 aromatic heterocycles. The molecule has 1 atom stereocenters. The molecule has 104 valence electrons. The second-order valence-corrected chi connectivity index (χ2v) is 5.35. The molecule has 0 unspecified atom stereocenters. The second-order valence-electron chi connectivity index (χ2n) is 5.35. The van der Waals surface area contributed by atoms with Gasteiger partial charge in [-0.05, 0) is 25.7 Å². The molecule has 0 radical (unpaired) electrons. The lowest BCUT2D eigenvalue weighted by molar-refractivity contribution is -0.386. The van der Waals surface area contributed by atoms with Crippen LogP contribution in [-0.2, 0) is 0 Å². The summed E-state index contributed by atoms with van der Waals surface area (Å²) in [6.45, 7) is 1.62. The Kier molecular flexibility index (Phi) is 4.04. The summed E-state index contributed by atoms with van der Waals surface area (Å²) in [5.41, 5.74) is 6.95. The van der Waals surface area contributed by atoms with Crippen LogP contribution in [0.3, 0.4) is 0 Å². The topological polar surface area (TPSA) is 89.4 Å². The normalized spacial score (nSPS) is 18.2. The van der Waals surface area contributed by atoms with Crippen LogP contribution in [0.5, 0.6) is 5.75 Å². The Labute approximate surface area is 112 Å². The fourth-order valence-electron chi connectivity index (χ4n) is 2.94. The molecule has 1 aromatic rings. The van der Waals surface area contributed by atoms with Crippen LogP contribution in [0.25, 0.3) is 0 Å². The number of phenols is 1. The van der Waals surface area contributed by atoms with Crippen molar-refractivity contribution in [1.82, 2.24) is 0 Å².